The van der Waals surface area contributed by atoms with Gasteiger partial charge in [0.2, 0.25) is 21.8 Å². The fraction of sp³-hybridized carbons (Fsp3) is 0.273. The molecule has 4 amide bonds. The first-order valence-corrected chi connectivity index (χ1v) is 14.2. The number of hydrogen-bond acceptors (Lipinski definition) is 10. The van der Waals surface area contributed by atoms with Crippen molar-refractivity contribution in [3.8, 4) is 0 Å². The number of benzene rings is 2. The summed E-state index contributed by atoms with van der Waals surface area (Å²) in [6.45, 7) is -0.786. The molecule has 1 saturated heterocycles. The van der Waals surface area contributed by atoms with Gasteiger partial charge in [0.15, 0.2) is 10.3 Å². The summed E-state index contributed by atoms with van der Waals surface area (Å²) >= 11 is 0. The molecule has 1 aliphatic heterocycles. The first kappa shape index (κ1) is 33.1. The van der Waals surface area contributed by atoms with Gasteiger partial charge in [-0.15, -0.1) is 0 Å². The fourth-order valence-corrected chi connectivity index (χ4v) is 4.85. The summed E-state index contributed by atoms with van der Waals surface area (Å²) in [7, 11) is -9.36. The van der Waals surface area contributed by atoms with E-state index >= 15 is 0 Å². The predicted octanol–water partition coefficient (Wildman–Crippen LogP) is -4.78. The Bertz CT molecular complexity index is 1440. The second-order valence-electron chi connectivity index (χ2n) is 8.33. The molecule has 3 rings (SSSR count). The van der Waals surface area contributed by atoms with Crippen LogP contribution in [0.15, 0.2) is 60.7 Å². The van der Waals surface area contributed by atoms with Crippen molar-refractivity contribution in [2.45, 2.75) is 24.7 Å². The van der Waals surface area contributed by atoms with Gasteiger partial charge < -0.3 is 25.2 Å². The number of nitrogens with one attached hydrogen (secondary N) is 3. The van der Waals surface area contributed by atoms with Crippen molar-refractivity contribution in [1.82, 2.24) is 20.3 Å². The number of ether oxygens (including phenoxy) is 1. The standard InChI is InChI=1S/C22H25N5O10S2.Na/c23-38(32,33)13-17(25-22(31)37-12-14-7-3-1-4-8-14)19(28)26-18(15-9-5-2-6-10-15)20(29)24-16-11-27(21(16)30)39(34,35)36;/h1-10,16-18H,11-13H2,(H,24,29)(H,25,31)(H,26,28)(H2,23,32,33)(H,34,35,36);/q;+1/p-1. The van der Waals surface area contributed by atoms with Crippen molar-refractivity contribution in [2.24, 2.45) is 5.14 Å². The topological polar surface area (TPSA) is 234 Å². The zero-order valence-corrected chi connectivity index (χ0v) is 24.7. The Hall–Kier alpha value is -3.06. The first-order chi connectivity index (χ1) is 18.2. The third-order valence-corrected chi connectivity index (χ3v) is 7.05. The number of rotatable bonds is 11. The van der Waals surface area contributed by atoms with E-state index in [1.807, 2.05) is 0 Å². The smallest absolute Gasteiger partial charge is 0.731 e. The molecule has 1 aliphatic rings. The third-order valence-electron chi connectivity index (χ3n) is 5.38. The number of nitrogens with two attached hydrogens (primary N) is 1. The monoisotopic (exact) mass is 605 g/mol. The second kappa shape index (κ2) is 14.0. The van der Waals surface area contributed by atoms with Gasteiger partial charge in [-0.2, -0.15) is 0 Å². The number of alkyl carbamates (subject to hydrolysis) is 1. The Morgan fingerprint density at radius 3 is 2.08 bits per heavy atom. The van der Waals surface area contributed by atoms with Gasteiger partial charge in [-0.25, -0.2) is 31.1 Å². The van der Waals surface area contributed by atoms with Crippen molar-refractivity contribution in [3.63, 3.8) is 0 Å². The summed E-state index contributed by atoms with van der Waals surface area (Å²) in [6, 6.07) is 11.4. The van der Waals surface area contributed by atoms with Gasteiger partial charge >= 0.3 is 35.7 Å². The minimum atomic E-state index is -5.05. The molecule has 3 atom stereocenters. The van der Waals surface area contributed by atoms with Crippen molar-refractivity contribution >= 4 is 44.1 Å². The molecule has 40 heavy (non-hydrogen) atoms. The molecule has 0 saturated carbocycles. The van der Waals surface area contributed by atoms with E-state index in [0.29, 0.717) is 5.56 Å². The van der Waals surface area contributed by atoms with Crippen molar-refractivity contribution in [2.75, 3.05) is 12.3 Å². The van der Waals surface area contributed by atoms with E-state index in [1.54, 1.807) is 36.4 Å². The van der Waals surface area contributed by atoms with Gasteiger partial charge in [0.05, 0.1) is 12.3 Å². The molecule has 2 aromatic rings. The number of primary sulfonamides is 1. The average molecular weight is 606 g/mol. The summed E-state index contributed by atoms with van der Waals surface area (Å²) in [5.74, 6) is -4.31. The molecule has 1 fully saturated rings. The average Bonchev–Trinajstić information content (AvgIpc) is 2.87. The van der Waals surface area contributed by atoms with Crippen LogP contribution in [-0.4, -0.2) is 73.9 Å². The number of β-lactam (4-membered cyclic amide) rings is 1. The van der Waals surface area contributed by atoms with E-state index in [0.717, 1.165) is 0 Å². The Labute approximate surface area is 252 Å². The van der Waals surface area contributed by atoms with Crippen LogP contribution in [0.3, 0.4) is 0 Å². The molecule has 0 aliphatic carbocycles. The normalized spacial score (nSPS) is 16.4. The maximum atomic E-state index is 13.1. The van der Waals surface area contributed by atoms with E-state index in [2.05, 4.69) is 16.0 Å². The molecule has 0 aromatic heterocycles. The van der Waals surface area contributed by atoms with Gasteiger partial charge in [0.25, 0.3) is 5.91 Å². The van der Waals surface area contributed by atoms with Crippen molar-refractivity contribution in [3.05, 3.63) is 71.8 Å². The van der Waals surface area contributed by atoms with E-state index in [4.69, 9.17) is 9.88 Å². The number of sulfonamides is 1. The summed E-state index contributed by atoms with van der Waals surface area (Å²) in [5.41, 5.74) is 0.819. The van der Waals surface area contributed by atoms with E-state index in [9.17, 15) is 40.6 Å². The van der Waals surface area contributed by atoms with Crippen LogP contribution in [0.2, 0.25) is 0 Å². The Kier molecular flexibility index (Phi) is 11.6. The van der Waals surface area contributed by atoms with Gasteiger partial charge in [-0.1, -0.05) is 60.7 Å². The maximum absolute atomic E-state index is 13.1. The van der Waals surface area contributed by atoms with Crippen LogP contribution >= 0.6 is 0 Å². The molecule has 5 N–H and O–H groups in total. The quantitative estimate of drug-likeness (QED) is 0.108. The van der Waals surface area contributed by atoms with Crippen LogP contribution in [0.5, 0.6) is 0 Å². The zero-order chi connectivity index (χ0) is 28.8. The van der Waals surface area contributed by atoms with E-state index in [-0.39, 0.29) is 46.0 Å². The molecule has 0 spiro atoms. The molecule has 0 bridgehead atoms. The van der Waals surface area contributed by atoms with Gasteiger partial charge in [0.1, 0.15) is 24.7 Å². The zero-order valence-electron chi connectivity index (χ0n) is 21.1. The van der Waals surface area contributed by atoms with Gasteiger partial charge in [-0.05, 0) is 11.1 Å². The summed E-state index contributed by atoms with van der Waals surface area (Å²) in [5, 5.41) is 11.7. The van der Waals surface area contributed by atoms with Crippen LogP contribution in [0.4, 0.5) is 4.79 Å². The van der Waals surface area contributed by atoms with Gasteiger partial charge in [0, 0.05) is 0 Å². The molecular weight excluding hydrogens is 581 g/mol. The van der Waals surface area contributed by atoms with Crippen LogP contribution in [-0.2, 0) is 46.1 Å². The number of amides is 4. The minimum Gasteiger partial charge on any atom is -0.731 e. The van der Waals surface area contributed by atoms with Crippen LogP contribution in [0.1, 0.15) is 17.2 Å². The van der Waals surface area contributed by atoms with E-state index in [1.165, 1.54) is 24.3 Å². The maximum Gasteiger partial charge on any atom is 1.00 e. The molecular formula is C22H24N5NaO10S2. The van der Waals surface area contributed by atoms with Crippen molar-refractivity contribution < 1.29 is 74.9 Å². The van der Waals surface area contributed by atoms with Crippen molar-refractivity contribution in [1.29, 1.82) is 0 Å². The summed E-state index contributed by atoms with van der Waals surface area (Å²) in [6.07, 6.45) is -1.14. The molecule has 0 radical (unpaired) electrons. The fourth-order valence-electron chi connectivity index (χ4n) is 3.47. The van der Waals surface area contributed by atoms with Crippen LogP contribution in [0.25, 0.3) is 0 Å². The number of carbonyl (C=O) groups excluding carboxylic acids is 4. The molecule has 18 heteroatoms. The Balaban J connectivity index is 0.00000560. The van der Waals surface area contributed by atoms with Crippen LogP contribution in [0, 0.1) is 0 Å². The number of carbonyl (C=O) groups is 4. The molecule has 3 unspecified atom stereocenters. The third kappa shape index (κ3) is 9.54. The Morgan fingerprint density at radius 2 is 1.55 bits per heavy atom. The predicted molar refractivity (Wildman–Crippen MR) is 132 cm³/mol. The molecule has 1 heterocycles. The molecule has 15 nitrogen and oxygen atoms in total. The largest absolute Gasteiger partial charge is 1.00 e. The summed E-state index contributed by atoms with van der Waals surface area (Å²) < 4.78 is 61.7. The molecule has 210 valence electrons. The van der Waals surface area contributed by atoms with Gasteiger partial charge in [-0.3, -0.25) is 14.4 Å². The number of hydrogen-bond donors (Lipinski definition) is 4. The second-order valence-corrected chi connectivity index (χ2v) is 11.3. The summed E-state index contributed by atoms with van der Waals surface area (Å²) in [4.78, 5) is 50.3. The Morgan fingerprint density at radius 1 is 0.975 bits per heavy atom. The SMILES string of the molecule is NS(=O)(=O)CC(NC(=O)OCc1ccccc1)C(=O)NC(C(=O)NC1CN(S(=O)(=O)[O-])C1=O)c1ccccc1.[Na+]. The number of nitrogens with zero attached hydrogens (tertiary/aromatic N) is 1. The van der Waals surface area contributed by atoms with Crippen LogP contribution < -0.4 is 50.6 Å². The van der Waals surface area contributed by atoms with E-state index < -0.39 is 74.6 Å². The molecule has 2 aromatic carbocycles. The minimum absolute atomic E-state index is 0. The first-order valence-electron chi connectivity index (χ1n) is 11.2.